The summed E-state index contributed by atoms with van der Waals surface area (Å²) < 4.78 is 5.11. The zero-order valence-electron chi connectivity index (χ0n) is 13.8. The fourth-order valence-electron chi connectivity index (χ4n) is 2.86. The molecule has 0 spiro atoms. The van der Waals surface area contributed by atoms with Crippen molar-refractivity contribution in [3.8, 4) is 16.9 Å². The highest BCUT2D eigenvalue weighted by atomic mass is 16.5. The van der Waals surface area contributed by atoms with Crippen molar-refractivity contribution in [3.05, 3.63) is 53.6 Å². The van der Waals surface area contributed by atoms with Crippen molar-refractivity contribution in [2.45, 2.75) is 0 Å². The number of ether oxygens (including phenoxy) is 1. The van der Waals surface area contributed by atoms with E-state index in [2.05, 4.69) is 5.32 Å². The summed E-state index contributed by atoms with van der Waals surface area (Å²) in [6.07, 6.45) is 0. The fourth-order valence-corrected chi connectivity index (χ4v) is 2.86. The number of carbonyl (C=O) groups excluding carboxylic acids is 3. The number of ketones is 2. The van der Waals surface area contributed by atoms with Crippen LogP contribution < -0.4 is 10.1 Å². The molecule has 0 aromatic heterocycles. The molecule has 0 bridgehead atoms. The number of fused-ring (bicyclic) bond motifs is 1. The van der Waals surface area contributed by atoms with Crippen LogP contribution in [0.1, 0.15) is 20.7 Å². The smallest absolute Gasteiger partial charge is 0.322 e. The Bertz CT molecular complexity index is 916. The lowest BCUT2D eigenvalue weighted by atomic mass is 10.00. The maximum absolute atomic E-state index is 12.5. The molecule has 0 saturated heterocycles. The van der Waals surface area contributed by atoms with Crippen LogP contribution in [0, 0.1) is 5.92 Å². The van der Waals surface area contributed by atoms with Gasteiger partial charge in [0.25, 0.3) is 0 Å². The molecule has 2 aromatic rings. The monoisotopic (exact) mass is 353 g/mol. The summed E-state index contributed by atoms with van der Waals surface area (Å²) in [6.45, 7) is -0.649. The standard InChI is InChI=1S/C19H15NO6/c1-26-12-5-2-10(3-6-12)11-4-7-13-14(8-11)18(24)16(17(13)23)19(25)20-9-15(21)22/h2-8,16H,9H2,1H3,(H,20,25)(H,21,22). The predicted molar refractivity (Wildman–Crippen MR) is 91.2 cm³/mol. The van der Waals surface area contributed by atoms with Gasteiger partial charge in [-0.2, -0.15) is 0 Å². The number of amides is 1. The van der Waals surface area contributed by atoms with Gasteiger partial charge in [0.1, 0.15) is 12.3 Å². The molecular formula is C19H15NO6. The molecule has 1 unspecified atom stereocenters. The Morgan fingerprint density at radius 1 is 1.00 bits per heavy atom. The lowest BCUT2D eigenvalue weighted by Gasteiger charge is -2.06. The first kappa shape index (κ1) is 17.3. The van der Waals surface area contributed by atoms with Crippen molar-refractivity contribution < 1.29 is 29.0 Å². The summed E-state index contributed by atoms with van der Waals surface area (Å²) in [7, 11) is 1.56. The van der Waals surface area contributed by atoms with Crippen molar-refractivity contribution in [3.63, 3.8) is 0 Å². The van der Waals surface area contributed by atoms with Crippen molar-refractivity contribution in [2.75, 3.05) is 13.7 Å². The second-order valence-corrected chi connectivity index (χ2v) is 5.76. The minimum absolute atomic E-state index is 0.166. The summed E-state index contributed by atoms with van der Waals surface area (Å²) >= 11 is 0. The van der Waals surface area contributed by atoms with E-state index in [1.54, 1.807) is 31.4 Å². The molecule has 0 saturated carbocycles. The maximum Gasteiger partial charge on any atom is 0.322 e. The number of nitrogens with one attached hydrogen (secondary N) is 1. The molecule has 7 heteroatoms. The van der Waals surface area contributed by atoms with Crippen LogP contribution in [0.2, 0.25) is 0 Å². The minimum Gasteiger partial charge on any atom is -0.497 e. The van der Waals surface area contributed by atoms with Crippen LogP contribution in [0.4, 0.5) is 0 Å². The quantitative estimate of drug-likeness (QED) is 0.790. The van der Waals surface area contributed by atoms with Gasteiger partial charge in [-0.3, -0.25) is 19.2 Å². The van der Waals surface area contributed by atoms with Gasteiger partial charge in [0.2, 0.25) is 5.91 Å². The molecular weight excluding hydrogens is 338 g/mol. The Morgan fingerprint density at radius 2 is 1.62 bits per heavy atom. The van der Waals surface area contributed by atoms with Gasteiger partial charge in [-0.15, -0.1) is 0 Å². The number of benzene rings is 2. The third kappa shape index (κ3) is 3.06. The molecule has 1 aliphatic carbocycles. The van der Waals surface area contributed by atoms with E-state index in [-0.39, 0.29) is 11.1 Å². The van der Waals surface area contributed by atoms with Gasteiger partial charge < -0.3 is 15.2 Å². The van der Waals surface area contributed by atoms with Crippen LogP contribution in [0.3, 0.4) is 0 Å². The number of rotatable bonds is 5. The first-order chi connectivity index (χ1) is 12.4. The second-order valence-electron chi connectivity index (χ2n) is 5.76. The van der Waals surface area contributed by atoms with Gasteiger partial charge in [0.05, 0.1) is 7.11 Å². The van der Waals surface area contributed by atoms with E-state index >= 15 is 0 Å². The highest BCUT2D eigenvalue weighted by molar-refractivity contribution is 6.35. The maximum atomic E-state index is 12.5. The zero-order chi connectivity index (χ0) is 18.8. The number of carboxylic acid groups (broad SMARTS) is 1. The summed E-state index contributed by atoms with van der Waals surface area (Å²) in [5, 5.41) is 10.7. The zero-order valence-corrected chi connectivity index (χ0v) is 13.8. The number of carboxylic acids is 1. The molecule has 1 atom stereocenters. The number of hydrogen-bond acceptors (Lipinski definition) is 5. The largest absolute Gasteiger partial charge is 0.497 e. The SMILES string of the molecule is COc1ccc(-c2ccc3c(c2)C(=O)C(C(=O)NCC(=O)O)C3=O)cc1. The van der Waals surface area contributed by atoms with E-state index in [9.17, 15) is 19.2 Å². The minimum atomic E-state index is -1.53. The third-order valence-corrected chi connectivity index (χ3v) is 4.17. The Labute approximate surface area is 148 Å². The van der Waals surface area contributed by atoms with Gasteiger partial charge in [-0.25, -0.2) is 0 Å². The van der Waals surface area contributed by atoms with Crippen molar-refractivity contribution in [2.24, 2.45) is 5.92 Å². The summed E-state index contributed by atoms with van der Waals surface area (Å²) in [6, 6.07) is 12.0. The van der Waals surface area contributed by atoms with Gasteiger partial charge in [-0.1, -0.05) is 24.3 Å². The van der Waals surface area contributed by atoms with Crippen LogP contribution in [0.25, 0.3) is 11.1 Å². The number of hydrogen-bond donors (Lipinski definition) is 2. The molecule has 7 nitrogen and oxygen atoms in total. The average molecular weight is 353 g/mol. The molecule has 0 heterocycles. The number of carbonyl (C=O) groups is 4. The topological polar surface area (TPSA) is 110 Å². The molecule has 0 aliphatic heterocycles. The summed E-state index contributed by atoms with van der Waals surface area (Å²) in [5.74, 6) is -4.23. The van der Waals surface area contributed by atoms with Crippen LogP contribution >= 0.6 is 0 Å². The van der Waals surface area contributed by atoms with E-state index in [1.807, 2.05) is 12.1 Å². The first-order valence-electron chi connectivity index (χ1n) is 7.79. The molecule has 1 aliphatic rings. The van der Waals surface area contributed by atoms with E-state index in [0.717, 1.165) is 11.1 Å². The first-order valence-corrected chi connectivity index (χ1v) is 7.79. The lowest BCUT2D eigenvalue weighted by Crippen LogP contribution is -2.39. The van der Waals surface area contributed by atoms with Crippen LogP contribution in [-0.4, -0.2) is 42.2 Å². The Kier molecular flexibility index (Phi) is 4.53. The number of aliphatic carboxylic acids is 1. The Hall–Kier alpha value is -3.48. The Balaban J connectivity index is 1.89. The molecule has 3 rings (SSSR count). The third-order valence-electron chi connectivity index (χ3n) is 4.17. The van der Waals surface area contributed by atoms with Gasteiger partial charge in [0.15, 0.2) is 17.5 Å². The second kappa shape index (κ2) is 6.79. The highest BCUT2D eigenvalue weighted by Gasteiger charge is 2.43. The predicted octanol–water partition coefficient (Wildman–Crippen LogP) is 1.56. The normalized spacial score (nSPS) is 15.5. The van der Waals surface area contributed by atoms with Gasteiger partial charge in [-0.05, 0) is 29.3 Å². The van der Waals surface area contributed by atoms with E-state index < -0.39 is 35.9 Å². The van der Waals surface area contributed by atoms with Crippen LogP contribution in [-0.2, 0) is 9.59 Å². The van der Waals surface area contributed by atoms with Gasteiger partial charge in [0, 0.05) is 11.1 Å². The molecule has 1 amide bonds. The number of Topliss-reactive ketones (excluding diaryl/α,β-unsaturated/α-hetero) is 2. The van der Waals surface area contributed by atoms with Crippen molar-refractivity contribution >= 4 is 23.4 Å². The highest BCUT2D eigenvalue weighted by Crippen LogP contribution is 2.31. The molecule has 0 radical (unpaired) electrons. The van der Waals surface area contributed by atoms with Crippen LogP contribution in [0.15, 0.2) is 42.5 Å². The molecule has 0 fully saturated rings. The summed E-state index contributed by atoms with van der Waals surface area (Å²) in [4.78, 5) is 47.5. The average Bonchev–Trinajstić information content (AvgIpc) is 2.90. The van der Waals surface area contributed by atoms with Crippen molar-refractivity contribution in [1.29, 1.82) is 0 Å². The van der Waals surface area contributed by atoms with Crippen molar-refractivity contribution in [1.82, 2.24) is 5.32 Å². The van der Waals surface area contributed by atoms with E-state index in [0.29, 0.717) is 5.75 Å². The lowest BCUT2D eigenvalue weighted by molar-refractivity contribution is -0.138. The molecule has 2 aromatic carbocycles. The van der Waals surface area contributed by atoms with Gasteiger partial charge >= 0.3 is 5.97 Å². The molecule has 2 N–H and O–H groups in total. The van der Waals surface area contributed by atoms with E-state index in [1.165, 1.54) is 6.07 Å². The molecule has 132 valence electrons. The van der Waals surface area contributed by atoms with Crippen LogP contribution in [0.5, 0.6) is 5.75 Å². The van der Waals surface area contributed by atoms with E-state index in [4.69, 9.17) is 9.84 Å². The summed E-state index contributed by atoms with van der Waals surface area (Å²) in [5.41, 5.74) is 1.88. The molecule has 26 heavy (non-hydrogen) atoms. The number of methoxy groups -OCH3 is 1. The Morgan fingerprint density at radius 3 is 2.23 bits per heavy atom. The fraction of sp³-hybridized carbons (Fsp3) is 0.158.